The van der Waals surface area contributed by atoms with Crippen LogP contribution in [-0.4, -0.2) is 49.1 Å². The number of rotatable bonds is 9. The van der Waals surface area contributed by atoms with Gasteiger partial charge >= 0.3 is 0 Å². The minimum atomic E-state index is 0. The molecular formula is C24H39IN4O2. The van der Waals surface area contributed by atoms with Crippen LogP contribution in [0.3, 0.4) is 0 Å². The van der Waals surface area contributed by atoms with E-state index in [1.807, 2.05) is 11.9 Å². The summed E-state index contributed by atoms with van der Waals surface area (Å²) < 4.78 is 5.99. The van der Waals surface area contributed by atoms with Crippen LogP contribution in [0.2, 0.25) is 0 Å². The second-order valence-corrected chi connectivity index (χ2v) is 8.48. The molecule has 0 spiro atoms. The molecule has 2 fully saturated rings. The van der Waals surface area contributed by atoms with Gasteiger partial charge in [-0.05, 0) is 43.7 Å². The van der Waals surface area contributed by atoms with Crippen LogP contribution in [-0.2, 0) is 22.6 Å². The van der Waals surface area contributed by atoms with Crippen LogP contribution >= 0.6 is 24.0 Å². The Labute approximate surface area is 204 Å². The van der Waals surface area contributed by atoms with Gasteiger partial charge < -0.3 is 20.3 Å². The number of nitrogens with one attached hydrogen (secondary N) is 2. The van der Waals surface area contributed by atoms with Gasteiger partial charge in [-0.25, -0.2) is 0 Å². The largest absolute Gasteiger partial charge is 0.378 e. The minimum Gasteiger partial charge on any atom is -0.378 e. The standard InChI is InChI=1S/C24H38N4O2.HI/c1-5-24(6-2)20(15-21(24)30-7-3)27-23(25-4)26-16-18-10-12-19(13-11-18)17-28-14-8-9-22(28)29;/h10-13,20-21H,5-9,14-17H2,1-4H3,(H2,25,26,27);1H. The summed E-state index contributed by atoms with van der Waals surface area (Å²) in [5.74, 6) is 1.11. The van der Waals surface area contributed by atoms with Crippen molar-refractivity contribution in [1.82, 2.24) is 15.5 Å². The monoisotopic (exact) mass is 542 g/mol. The van der Waals surface area contributed by atoms with E-state index in [-0.39, 0.29) is 35.3 Å². The predicted molar refractivity (Wildman–Crippen MR) is 137 cm³/mol. The van der Waals surface area contributed by atoms with Crippen molar-refractivity contribution in [3.8, 4) is 0 Å². The third-order valence-corrected chi connectivity index (χ3v) is 7.03. The lowest BCUT2D eigenvalue weighted by Gasteiger charge is -2.55. The average Bonchev–Trinajstić information content (AvgIpc) is 3.16. The number of hydrogen-bond acceptors (Lipinski definition) is 3. The van der Waals surface area contributed by atoms with Gasteiger partial charge in [0.05, 0.1) is 6.10 Å². The molecule has 1 aliphatic carbocycles. The number of benzene rings is 1. The molecule has 0 radical (unpaired) electrons. The molecule has 1 saturated heterocycles. The molecule has 1 aliphatic heterocycles. The molecule has 31 heavy (non-hydrogen) atoms. The SMILES string of the molecule is CCOC1CC(NC(=NC)NCc2ccc(CN3CCCC3=O)cc2)C1(CC)CC.I. The fraction of sp³-hybridized carbons (Fsp3) is 0.667. The van der Waals surface area contributed by atoms with Crippen LogP contribution in [0.1, 0.15) is 64.0 Å². The number of hydrogen-bond donors (Lipinski definition) is 2. The van der Waals surface area contributed by atoms with Gasteiger partial charge in [-0.3, -0.25) is 9.79 Å². The first-order valence-electron chi connectivity index (χ1n) is 11.5. The molecule has 2 aliphatic rings. The van der Waals surface area contributed by atoms with Gasteiger partial charge in [0.1, 0.15) is 0 Å². The van der Waals surface area contributed by atoms with Crippen molar-refractivity contribution in [1.29, 1.82) is 0 Å². The van der Waals surface area contributed by atoms with Gasteiger partial charge in [-0.1, -0.05) is 38.1 Å². The molecule has 3 rings (SSSR count). The molecule has 6 nitrogen and oxygen atoms in total. The maximum Gasteiger partial charge on any atom is 0.222 e. The van der Waals surface area contributed by atoms with E-state index in [0.717, 1.165) is 51.3 Å². The summed E-state index contributed by atoms with van der Waals surface area (Å²) in [5, 5.41) is 7.08. The number of halogens is 1. The van der Waals surface area contributed by atoms with Gasteiger partial charge in [0, 0.05) is 51.2 Å². The van der Waals surface area contributed by atoms with Crippen molar-refractivity contribution in [2.75, 3.05) is 20.2 Å². The molecule has 1 amide bonds. The molecule has 2 atom stereocenters. The third-order valence-electron chi connectivity index (χ3n) is 7.03. The normalized spacial score (nSPS) is 22.6. The van der Waals surface area contributed by atoms with Crippen molar-refractivity contribution in [3.63, 3.8) is 0 Å². The molecular weight excluding hydrogens is 503 g/mol. The van der Waals surface area contributed by atoms with E-state index in [2.05, 4.69) is 60.7 Å². The highest BCUT2D eigenvalue weighted by Gasteiger charge is 2.53. The number of guanidine groups is 1. The van der Waals surface area contributed by atoms with Crippen LogP contribution in [0.25, 0.3) is 0 Å². The average molecular weight is 543 g/mol. The molecule has 1 aromatic carbocycles. The van der Waals surface area contributed by atoms with Gasteiger partial charge in [-0.15, -0.1) is 24.0 Å². The highest BCUT2D eigenvalue weighted by molar-refractivity contribution is 14.0. The molecule has 2 unspecified atom stereocenters. The van der Waals surface area contributed by atoms with Crippen molar-refractivity contribution < 1.29 is 9.53 Å². The Morgan fingerprint density at radius 3 is 2.42 bits per heavy atom. The van der Waals surface area contributed by atoms with E-state index in [0.29, 0.717) is 25.1 Å². The predicted octanol–water partition coefficient (Wildman–Crippen LogP) is 4.08. The zero-order chi connectivity index (χ0) is 21.6. The summed E-state index contributed by atoms with van der Waals surface area (Å²) in [4.78, 5) is 18.2. The van der Waals surface area contributed by atoms with Gasteiger partial charge in [0.2, 0.25) is 5.91 Å². The lowest BCUT2D eigenvalue weighted by atomic mass is 9.58. The minimum absolute atomic E-state index is 0. The van der Waals surface area contributed by atoms with Crippen LogP contribution < -0.4 is 10.6 Å². The van der Waals surface area contributed by atoms with Gasteiger partial charge in [0.25, 0.3) is 0 Å². The van der Waals surface area contributed by atoms with Crippen LogP contribution in [0.15, 0.2) is 29.3 Å². The maximum absolute atomic E-state index is 11.8. The topological polar surface area (TPSA) is 66.0 Å². The van der Waals surface area contributed by atoms with E-state index in [1.165, 1.54) is 11.1 Å². The fourth-order valence-electron chi connectivity index (χ4n) is 4.98. The number of aliphatic imine (C=N–C) groups is 1. The molecule has 7 heteroatoms. The third kappa shape index (κ3) is 5.92. The van der Waals surface area contributed by atoms with Gasteiger partial charge in [0.15, 0.2) is 5.96 Å². The zero-order valence-corrected chi connectivity index (χ0v) is 21.8. The smallest absolute Gasteiger partial charge is 0.222 e. The van der Waals surface area contributed by atoms with Crippen molar-refractivity contribution >= 4 is 35.8 Å². The van der Waals surface area contributed by atoms with E-state index in [4.69, 9.17) is 4.74 Å². The van der Waals surface area contributed by atoms with Crippen molar-refractivity contribution in [2.45, 2.75) is 78.1 Å². The first-order valence-corrected chi connectivity index (χ1v) is 11.5. The van der Waals surface area contributed by atoms with E-state index in [1.54, 1.807) is 0 Å². The summed E-state index contributed by atoms with van der Waals surface area (Å²) in [7, 11) is 1.82. The van der Waals surface area contributed by atoms with E-state index >= 15 is 0 Å². The molecule has 1 aromatic rings. The Kier molecular flexibility index (Phi) is 10.1. The van der Waals surface area contributed by atoms with E-state index in [9.17, 15) is 4.79 Å². The number of carbonyl (C=O) groups is 1. The number of carbonyl (C=O) groups excluding carboxylic acids is 1. The summed E-state index contributed by atoms with van der Waals surface area (Å²) in [5.41, 5.74) is 2.57. The van der Waals surface area contributed by atoms with Gasteiger partial charge in [-0.2, -0.15) is 0 Å². The first kappa shape index (κ1) is 25.9. The van der Waals surface area contributed by atoms with Crippen LogP contribution in [0.4, 0.5) is 0 Å². The molecule has 1 heterocycles. The Bertz CT molecular complexity index is 734. The van der Waals surface area contributed by atoms with Crippen molar-refractivity contribution in [3.05, 3.63) is 35.4 Å². The second-order valence-electron chi connectivity index (χ2n) is 8.48. The summed E-state index contributed by atoms with van der Waals surface area (Å²) in [6.45, 7) is 9.68. The fourth-order valence-corrected chi connectivity index (χ4v) is 4.98. The van der Waals surface area contributed by atoms with Crippen LogP contribution in [0.5, 0.6) is 0 Å². The quantitative estimate of drug-likeness (QED) is 0.281. The lowest BCUT2D eigenvalue weighted by Crippen LogP contribution is -2.65. The lowest BCUT2D eigenvalue weighted by molar-refractivity contribution is -0.133. The Hall–Kier alpha value is -1.35. The Balaban J connectivity index is 0.00000341. The number of likely N-dealkylation sites (tertiary alicyclic amines) is 1. The van der Waals surface area contributed by atoms with Crippen molar-refractivity contribution in [2.24, 2.45) is 10.4 Å². The number of nitrogens with zero attached hydrogens (tertiary/aromatic N) is 2. The molecule has 2 N–H and O–H groups in total. The molecule has 0 bridgehead atoms. The molecule has 174 valence electrons. The number of amides is 1. The Morgan fingerprint density at radius 1 is 1.19 bits per heavy atom. The Morgan fingerprint density at radius 2 is 1.87 bits per heavy atom. The zero-order valence-electron chi connectivity index (χ0n) is 19.4. The highest BCUT2D eigenvalue weighted by atomic mass is 127. The molecule has 0 aromatic heterocycles. The van der Waals surface area contributed by atoms with E-state index < -0.39 is 0 Å². The molecule has 1 saturated carbocycles. The highest BCUT2D eigenvalue weighted by Crippen LogP contribution is 2.48. The number of ether oxygens (including phenoxy) is 1. The second kappa shape index (κ2) is 12.0. The summed E-state index contributed by atoms with van der Waals surface area (Å²) >= 11 is 0. The maximum atomic E-state index is 11.8. The summed E-state index contributed by atoms with van der Waals surface area (Å²) in [6, 6.07) is 8.89. The van der Waals surface area contributed by atoms with Crippen LogP contribution in [0, 0.1) is 5.41 Å². The first-order chi connectivity index (χ1) is 14.6. The summed E-state index contributed by atoms with van der Waals surface area (Å²) in [6.07, 6.45) is 5.24.